The van der Waals surface area contributed by atoms with Gasteiger partial charge in [0, 0.05) is 6.07 Å². The molecule has 1 aromatic rings. The molecule has 0 aromatic heterocycles. The minimum atomic E-state index is -0.544. The Hall–Kier alpha value is -1.42. The van der Waals surface area contributed by atoms with Crippen LogP contribution in [0, 0.1) is 12.7 Å². The molecule has 0 atom stereocenters. The number of Topliss-reactive ketones (excluding diaryl/α,β-unsaturated/α-hetero) is 1. The molecule has 0 unspecified atom stereocenters. The maximum Gasteiger partial charge on any atom is 0.179 e. The molecule has 0 heterocycles. The SMILES string of the molecule is CNCC(=O)c1cc(C)c(OC)cc1F. The van der Waals surface area contributed by atoms with Crippen molar-refractivity contribution in [3.63, 3.8) is 0 Å². The van der Waals surface area contributed by atoms with Crippen molar-refractivity contribution in [2.45, 2.75) is 6.92 Å². The van der Waals surface area contributed by atoms with E-state index < -0.39 is 5.82 Å². The van der Waals surface area contributed by atoms with Gasteiger partial charge in [0.15, 0.2) is 5.78 Å². The van der Waals surface area contributed by atoms with Crippen molar-refractivity contribution in [3.05, 3.63) is 29.1 Å². The molecular formula is C11H14FNO2. The highest BCUT2D eigenvalue weighted by Crippen LogP contribution is 2.22. The lowest BCUT2D eigenvalue weighted by molar-refractivity contribution is 0.0989. The number of benzene rings is 1. The van der Waals surface area contributed by atoms with Gasteiger partial charge in [-0.25, -0.2) is 4.39 Å². The number of methoxy groups -OCH3 is 1. The van der Waals surface area contributed by atoms with E-state index in [1.165, 1.54) is 19.2 Å². The second kappa shape index (κ2) is 4.89. The quantitative estimate of drug-likeness (QED) is 0.768. The molecule has 4 heteroatoms. The Morgan fingerprint density at radius 1 is 1.53 bits per heavy atom. The van der Waals surface area contributed by atoms with Gasteiger partial charge < -0.3 is 10.1 Å². The van der Waals surface area contributed by atoms with Crippen LogP contribution in [0.1, 0.15) is 15.9 Å². The van der Waals surface area contributed by atoms with Gasteiger partial charge in [-0.2, -0.15) is 0 Å². The first kappa shape index (κ1) is 11.7. The van der Waals surface area contributed by atoms with Gasteiger partial charge in [0.1, 0.15) is 11.6 Å². The average Bonchev–Trinajstić information content (AvgIpc) is 2.21. The normalized spacial score (nSPS) is 10.1. The highest BCUT2D eigenvalue weighted by Gasteiger charge is 2.13. The largest absolute Gasteiger partial charge is 0.496 e. The molecule has 0 fully saturated rings. The van der Waals surface area contributed by atoms with Crippen LogP contribution in [0.15, 0.2) is 12.1 Å². The number of hydrogen-bond donors (Lipinski definition) is 1. The van der Waals surface area contributed by atoms with Crippen LogP contribution >= 0.6 is 0 Å². The Bertz CT molecular complexity index is 377. The number of rotatable bonds is 4. The standard InChI is InChI=1S/C11H14FNO2/c1-7-4-8(10(14)6-13-2)9(12)5-11(7)15-3/h4-5,13H,6H2,1-3H3. The fourth-order valence-corrected chi connectivity index (χ4v) is 1.35. The Balaban J connectivity index is 3.10. The van der Waals surface area contributed by atoms with E-state index in [0.29, 0.717) is 5.75 Å². The fraction of sp³-hybridized carbons (Fsp3) is 0.364. The van der Waals surface area contributed by atoms with Gasteiger partial charge in [-0.3, -0.25) is 4.79 Å². The number of carbonyl (C=O) groups excluding carboxylic acids is 1. The van der Waals surface area contributed by atoms with Crippen molar-refractivity contribution < 1.29 is 13.9 Å². The molecule has 0 bridgehead atoms. The molecule has 0 aliphatic rings. The first-order chi connectivity index (χ1) is 7.10. The Morgan fingerprint density at radius 3 is 2.73 bits per heavy atom. The summed E-state index contributed by atoms with van der Waals surface area (Å²) in [4.78, 5) is 11.5. The van der Waals surface area contributed by atoms with E-state index in [9.17, 15) is 9.18 Å². The zero-order chi connectivity index (χ0) is 11.4. The summed E-state index contributed by atoms with van der Waals surface area (Å²) in [5, 5.41) is 2.69. The number of likely N-dealkylation sites (N-methyl/N-ethyl adjacent to an activating group) is 1. The monoisotopic (exact) mass is 211 g/mol. The summed E-state index contributed by atoms with van der Waals surface area (Å²) in [6.45, 7) is 1.90. The molecule has 0 amide bonds. The van der Waals surface area contributed by atoms with Crippen molar-refractivity contribution in [2.75, 3.05) is 20.7 Å². The van der Waals surface area contributed by atoms with Crippen LogP contribution in [0.2, 0.25) is 0 Å². The first-order valence-electron chi connectivity index (χ1n) is 4.62. The van der Waals surface area contributed by atoms with E-state index >= 15 is 0 Å². The molecule has 15 heavy (non-hydrogen) atoms. The van der Waals surface area contributed by atoms with Crippen LogP contribution in [0.4, 0.5) is 4.39 Å². The summed E-state index contributed by atoms with van der Waals surface area (Å²) in [6.07, 6.45) is 0. The highest BCUT2D eigenvalue weighted by atomic mass is 19.1. The molecule has 0 saturated heterocycles. The van der Waals surface area contributed by atoms with Crippen LogP contribution in [0.5, 0.6) is 5.75 Å². The van der Waals surface area contributed by atoms with Crippen molar-refractivity contribution in [1.29, 1.82) is 0 Å². The number of ether oxygens (including phenoxy) is 1. The third kappa shape index (κ3) is 2.53. The molecule has 3 nitrogen and oxygen atoms in total. The third-order valence-corrected chi connectivity index (χ3v) is 2.12. The summed E-state index contributed by atoms with van der Waals surface area (Å²) in [5.74, 6) is -0.355. The molecule has 1 N–H and O–H groups in total. The van der Waals surface area contributed by atoms with Crippen LogP contribution in [-0.2, 0) is 0 Å². The number of aryl methyl sites for hydroxylation is 1. The third-order valence-electron chi connectivity index (χ3n) is 2.12. The van der Waals surface area contributed by atoms with Crippen LogP contribution in [0.25, 0.3) is 0 Å². The summed E-state index contributed by atoms with van der Waals surface area (Å²) in [5.41, 5.74) is 0.848. The average molecular weight is 211 g/mol. The van der Waals surface area contributed by atoms with Crippen LogP contribution in [-0.4, -0.2) is 26.5 Å². The molecule has 82 valence electrons. The van der Waals surface area contributed by atoms with Gasteiger partial charge in [0.2, 0.25) is 0 Å². The number of nitrogens with one attached hydrogen (secondary N) is 1. The first-order valence-corrected chi connectivity index (χ1v) is 4.62. The maximum atomic E-state index is 13.5. The molecule has 0 aliphatic heterocycles. The van der Waals surface area contributed by atoms with E-state index in [4.69, 9.17) is 4.74 Å². The van der Waals surface area contributed by atoms with Gasteiger partial charge in [0.05, 0.1) is 19.2 Å². The number of halogens is 1. The lowest BCUT2D eigenvalue weighted by atomic mass is 10.1. The van der Waals surface area contributed by atoms with Crippen molar-refractivity contribution in [1.82, 2.24) is 5.32 Å². The second-order valence-corrected chi connectivity index (χ2v) is 3.26. The molecule has 1 rings (SSSR count). The highest BCUT2D eigenvalue weighted by molar-refractivity contribution is 5.98. The Labute approximate surface area is 88.2 Å². The summed E-state index contributed by atoms with van der Waals surface area (Å²) < 4.78 is 18.4. The zero-order valence-electron chi connectivity index (χ0n) is 9.06. The molecule has 0 saturated carbocycles. The minimum absolute atomic E-state index is 0.0997. The van der Waals surface area contributed by atoms with Gasteiger partial charge in [-0.15, -0.1) is 0 Å². The van der Waals surface area contributed by atoms with E-state index in [-0.39, 0.29) is 17.9 Å². The summed E-state index contributed by atoms with van der Waals surface area (Å²) >= 11 is 0. The van der Waals surface area contributed by atoms with Crippen LogP contribution in [0.3, 0.4) is 0 Å². The van der Waals surface area contributed by atoms with Gasteiger partial charge in [-0.05, 0) is 25.6 Å². The molecule has 0 aliphatic carbocycles. The van der Waals surface area contributed by atoms with Crippen LogP contribution < -0.4 is 10.1 Å². The summed E-state index contributed by atoms with van der Waals surface area (Å²) in [7, 11) is 3.11. The molecule has 1 aromatic carbocycles. The van der Waals surface area contributed by atoms with Crippen molar-refractivity contribution in [3.8, 4) is 5.75 Å². The van der Waals surface area contributed by atoms with Gasteiger partial charge in [0.25, 0.3) is 0 Å². The van der Waals surface area contributed by atoms with E-state index in [0.717, 1.165) is 5.56 Å². The lowest BCUT2D eigenvalue weighted by Gasteiger charge is -2.08. The minimum Gasteiger partial charge on any atom is -0.496 e. The predicted octanol–water partition coefficient (Wildman–Crippen LogP) is 1.54. The molecule has 0 spiro atoms. The smallest absolute Gasteiger partial charge is 0.179 e. The topological polar surface area (TPSA) is 38.3 Å². The second-order valence-electron chi connectivity index (χ2n) is 3.26. The summed E-state index contributed by atoms with van der Waals surface area (Å²) in [6, 6.07) is 2.74. The molecular weight excluding hydrogens is 197 g/mol. The predicted molar refractivity (Wildman–Crippen MR) is 55.9 cm³/mol. The maximum absolute atomic E-state index is 13.5. The number of ketones is 1. The Kier molecular flexibility index (Phi) is 3.80. The van der Waals surface area contributed by atoms with E-state index in [2.05, 4.69) is 5.32 Å². The Morgan fingerprint density at radius 2 is 2.20 bits per heavy atom. The number of carbonyl (C=O) groups is 1. The number of hydrogen-bond acceptors (Lipinski definition) is 3. The fourth-order valence-electron chi connectivity index (χ4n) is 1.35. The van der Waals surface area contributed by atoms with Crippen molar-refractivity contribution in [2.24, 2.45) is 0 Å². The van der Waals surface area contributed by atoms with Gasteiger partial charge >= 0.3 is 0 Å². The zero-order valence-corrected chi connectivity index (χ0v) is 9.06. The van der Waals surface area contributed by atoms with Gasteiger partial charge in [-0.1, -0.05) is 0 Å². The van der Waals surface area contributed by atoms with E-state index in [1.807, 2.05) is 0 Å². The lowest BCUT2D eigenvalue weighted by Crippen LogP contribution is -2.19. The molecule has 0 radical (unpaired) electrons. The van der Waals surface area contributed by atoms with Crippen molar-refractivity contribution >= 4 is 5.78 Å². The van der Waals surface area contributed by atoms with E-state index in [1.54, 1.807) is 14.0 Å².